The predicted octanol–water partition coefficient (Wildman–Crippen LogP) is 4.00. The van der Waals surface area contributed by atoms with Crippen molar-refractivity contribution in [3.05, 3.63) is 59.6 Å². The van der Waals surface area contributed by atoms with Crippen molar-refractivity contribution < 1.29 is 8.78 Å². The Morgan fingerprint density at radius 2 is 1.82 bits per heavy atom. The van der Waals surface area contributed by atoms with Crippen molar-refractivity contribution in [1.29, 1.82) is 0 Å². The minimum Gasteiger partial charge on any atom is -0.317 e. The molecule has 4 heterocycles. The van der Waals surface area contributed by atoms with E-state index in [0.717, 1.165) is 37.2 Å². The second kappa shape index (κ2) is 6.60. The van der Waals surface area contributed by atoms with Crippen molar-refractivity contribution in [3.63, 3.8) is 0 Å². The Morgan fingerprint density at radius 3 is 2.64 bits per heavy atom. The smallest absolute Gasteiger partial charge is 0.173 e. The zero-order chi connectivity index (χ0) is 19.3. The minimum atomic E-state index is -0.450. The third kappa shape index (κ3) is 2.92. The van der Waals surface area contributed by atoms with Crippen LogP contribution in [0.2, 0.25) is 0 Å². The molecular formula is C21H19F2N5. The van der Waals surface area contributed by atoms with Crippen molar-refractivity contribution in [2.24, 2.45) is 0 Å². The van der Waals surface area contributed by atoms with Crippen molar-refractivity contribution >= 4 is 16.6 Å². The molecule has 1 aromatic carbocycles. The Labute approximate surface area is 160 Å². The summed E-state index contributed by atoms with van der Waals surface area (Å²) in [6.45, 7) is 3.69. The van der Waals surface area contributed by atoms with Gasteiger partial charge in [-0.15, -0.1) is 10.2 Å². The third-order valence-electron chi connectivity index (χ3n) is 5.41. The molecule has 28 heavy (non-hydrogen) atoms. The van der Waals surface area contributed by atoms with Gasteiger partial charge in [-0.3, -0.25) is 0 Å². The Bertz CT molecular complexity index is 1190. The first-order valence-corrected chi connectivity index (χ1v) is 9.41. The first-order valence-electron chi connectivity index (χ1n) is 9.41. The first-order chi connectivity index (χ1) is 13.6. The fraction of sp³-hybridized carbons (Fsp3) is 0.286. The summed E-state index contributed by atoms with van der Waals surface area (Å²) in [7, 11) is 0. The number of imidazole rings is 1. The third-order valence-corrected chi connectivity index (χ3v) is 5.41. The molecule has 5 nitrogen and oxygen atoms in total. The van der Waals surface area contributed by atoms with Crippen LogP contribution >= 0.6 is 0 Å². The number of rotatable bonds is 2. The Morgan fingerprint density at radius 1 is 1.00 bits per heavy atom. The Hall–Kier alpha value is -2.93. The molecule has 3 aromatic heterocycles. The van der Waals surface area contributed by atoms with Crippen molar-refractivity contribution in [2.45, 2.75) is 25.7 Å². The zero-order valence-corrected chi connectivity index (χ0v) is 15.4. The van der Waals surface area contributed by atoms with Gasteiger partial charge in [0.15, 0.2) is 11.5 Å². The fourth-order valence-corrected chi connectivity index (χ4v) is 3.97. The Kier molecular flexibility index (Phi) is 4.05. The average Bonchev–Trinajstić information content (AvgIpc) is 3.09. The number of halogens is 2. The van der Waals surface area contributed by atoms with E-state index in [-0.39, 0.29) is 11.5 Å². The molecule has 0 amide bonds. The van der Waals surface area contributed by atoms with Crippen molar-refractivity contribution in [2.75, 3.05) is 13.1 Å². The summed E-state index contributed by atoms with van der Waals surface area (Å²) >= 11 is 0. The van der Waals surface area contributed by atoms with Crippen LogP contribution in [-0.4, -0.2) is 32.7 Å². The molecule has 4 aromatic rings. The summed E-state index contributed by atoms with van der Waals surface area (Å²) < 4.78 is 30.9. The zero-order valence-electron chi connectivity index (χ0n) is 15.4. The van der Waals surface area contributed by atoms with E-state index in [1.54, 1.807) is 35.9 Å². The van der Waals surface area contributed by atoms with Gasteiger partial charge in [0.05, 0.1) is 16.9 Å². The molecule has 1 aliphatic heterocycles. The highest BCUT2D eigenvalue weighted by Gasteiger charge is 2.18. The Balaban J connectivity index is 1.59. The summed E-state index contributed by atoms with van der Waals surface area (Å²) in [6.07, 6.45) is 5.44. The number of piperidine rings is 1. The lowest BCUT2D eigenvalue weighted by atomic mass is 9.89. The molecular weight excluding hydrogens is 360 g/mol. The van der Waals surface area contributed by atoms with Gasteiger partial charge in [-0.05, 0) is 68.6 Å². The summed E-state index contributed by atoms with van der Waals surface area (Å²) in [5.41, 5.74) is 3.42. The van der Waals surface area contributed by atoms with Gasteiger partial charge in [-0.2, -0.15) is 0 Å². The maximum Gasteiger partial charge on any atom is 0.173 e. The van der Waals surface area contributed by atoms with Gasteiger partial charge in [0.1, 0.15) is 5.82 Å². The minimum absolute atomic E-state index is 0.257. The summed E-state index contributed by atoms with van der Waals surface area (Å²) in [5, 5.41) is 12.2. The summed E-state index contributed by atoms with van der Waals surface area (Å²) in [4.78, 5) is 4.15. The highest BCUT2D eigenvalue weighted by molar-refractivity contribution is 5.83. The summed E-state index contributed by atoms with van der Waals surface area (Å²) in [6, 6.07) is 6.52. The second-order valence-electron chi connectivity index (χ2n) is 7.38. The van der Waals surface area contributed by atoms with Crippen LogP contribution in [-0.2, 0) is 0 Å². The number of benzene rings is 1. The van der Waals surface area contributed by atoms with Gasteiger partial charge >= 0.3 is 0 Å². The van der Waals surface area contributed by atoms with Gasteiger partial charge in [0.2, 0.25) is 0 Å². The van der Waals surface area contributed by atoms with E-state index < -0.39 is 5.82 Å². The molecule has 0 radical (unpaired) electrons. The molecule has 5 rings (SSSR count). The van der Waals surface area contributed by atoms with Crippen LogP contribution in [0.3, 0.4) is 0 Å². The van der Waals surface area contributed by atoms with Crippen molar-refractivity contribution in [3.8, 4) is 11.3 Å². The molecule has 0 atom stereocenters. The number of pyridine rings is 1. The fourth-order valence-electron chi connectivity index (χ4n) is 3.97. The van der Waals surface area contributed by atoms with Crippen molar-refractivity contribution in [1.82, 2.24) is 24.9 Å². The predicted molar refractivity (Wildman–Crippen MR) is 103 cm³/mol. The normalized spacial score (nSPS) is 15.5. The van der Waals surface area contributed by atoms with Crippen LogP contribution in [0.5, 0.6) is 0 Å². The number of nitrogens with one attached hydrogen (secondary N) is 1. The number of hydrogen-bond donors (Lipinski definition) is 1. The molecule has 1 N–H and O–H groups in total. The van der Waals surface area contributed by atoms with Gasteiger partial charge in [0, 0.05) is 23.3 Å². The van der Waals surface area contributed by atoms with E-state index in [0.29, 0.717) is 28.1 Å². The topological polar surface area (TPSA) is 55.1 Å². The van der Waals surface area contributed by atoms with Gasteiger partial charge in [-0.1, -0.05) is 0 Å². The largest absolute Gasteiger partial charge is 0.317 e. The van der Waals surface area contributed by atoms with Gasteiger partial charge in [-0.25, -0.2) is 13.8 Å². The lowest BCUT2D eigenvalue weighted by Gasteiger charge is -2.23. The van der Waals surface area contributed by atoms with E-state index >= 15 is 0 Å². The number of nitrogens with zero attached hydrogens (tertiary/aromatic N) is 4. The molecule has 0 aliphatic carbocycles. The molecule has 1 aliphatic rings. The second-order valence-corrected chi connectivity index (χ2v) is 7.38. The lowest BCUT2D eigenvalue weighted by Crippen LogP contribution is -2.26. The number of hydrogen-bond acceptors (Lipinski definition) is 4. The molecule has 142 valence electrons. The molecule has 1 saturated heterocycles. The van der Waals surface area contributed by atoms with Crippen LogP contribution in [0.25, 0.3) is 27.8 Å². The van der Waals surface area contributed by atoms with E-state index in [9.17, 15) is 8.78 Å². The van der Waals surface area contributed by atoms with Crippen LogP contribution in [0.1, 0.15) is 30.0 Å². The monoisotopic (exact) mass is 379 g/mol. The number of aromatic nitrogens is 4. The standard InChI is InChI=1S/C21H19F2N5/c1-12-10-28-11-15(7-18(23)21(28)25-12)19-9-16-17(22)6-14(8-20(16)27-26-19)13-2-4-24-5-3-13/h6-11,13,24H,2-5H2,1H3. The van der Waals surface area contributed by atoms with E-state index in [1.807, 2.05) is 6.07 Å². The van der Waals surface area contributed by atoms with Crippen LogP contribution in [0.4, 0.5) is 8.78 Å². The molecule has 0 spiro atoms. The molecule has 1 fully saturated rings. The number of fused-ring (bicyclic) bond motifs is 2. The highest BCUT2D eigenvalue weighted by atomic mass is 19.1. The van der Waals surface area contributed by atoms with E-state index in [4.69, 9.17) is 0 Å². The van der Waals surface area contributed by atoms with Crippen LogP contribution in [0, 0.1) is 18.6 Å². The highest BCUT2D eigenvalue weighted by Crippen LogP contribution is 2.30. The molecule has 0 saturated carbocycles. The van der Waals surface area contributed by atoms with Crippen LogP contribution in [0.15, 0.2) is 36.7 Å². The van der Waals surface area contributed by atoms with E-state index in [2.05, 4.69) is 20.5 Å². The number of aryl methyl sites for hydroxylation is 1. The summed E-state index contributed by atoms with van der Waals surface area (Å²) in [5.74, 6) is -0.431. The van der Waals surface area contributed by atoms with Gasteiger partial charge in [0.25, 0.3) is 0 Å². The van der Waals surface area contributed by atoms with Gasteiger partial charge < -0.3 is 9.72 Å². The maximum absolute atomic E-state index is 14.9. The lowest BCUT2D eigenvalue weighted by molar-refractivity contribution is 0.459. The van der Waals surface area contributed by atoms with E-state index in [1.165, 1.54) is 6.07 Å². The van der Waals surface area contributed by atoms with Crippen LogP contribution < -0.4 is 5.32 Å². The maximum atomic E-state index is 14.9. The molecule has 0 unspecified atom stereocenters. The molecule has 7 heteroatoms. The quantitative estimate of drug-likeness (QED) is 0.572. The molecule has 0 bridgehead atoms. The first kappa shape index (κ1) is 17.2. The SMILES string of the molecule is Cc1cn2cc(-c3cc4c(F)cc(C5CCNCC5)cc4nn3)cc(F)c2n1. The average molecular weight is 379 g/mol.